The predicted molar refractivity (Wildman–Crippen MR) is 212 cm³/mol. The molecule has 2 aliphatic rings. The van der Waals surface area contributed by atoms with Gasteiger partial charge in [-0.15, -0.1) is 0 Å². The molecule has 6 amide bonds. The fraction of sp³-hybridized carbons (Fsp3) is 0.744. The number of carbonyl (C=O) groups is 7. The highest BCUT2D eigenvalue weighted by molar-refractivity contribution is 5.97. The monoisotopic (exact) mass is 803 g/mol. The lowest BCUT2D eigenvalue weighted by Gasteiger charge is -2.31. The molecule has 0 spiro atoms. The molecule has 320 valence electrons. The first-order valence-electron chi connectivity index (χ1n) is 20.5. The van der Waals surface area contributed by atoms with Crippen molar-refractivity contribution < 1.29 is 38.7 Å². The molecule has 1 aromatic rings. The lowest BCUT2D eigenvalue weighted by Crippen LogP contribution is -2.61. The zero-order valence-corrected chi connectivity index (χ0v) is 34.4. The highest BCUT2D eigenvalue weighted by Crippen LogP contribution is 2.22. The zero-order chi connectivity index (χ0) is 42.4. The van der Waals surface area contributed by atoms with Gasteiger partial charge in [-0.2, -0.15) is 0 Å². The van der Waals surface area contributed by atoms with Gasteiger partial charge in [0, 0.05) is 31.4 Å². The number of hydrogen-bond acceptors (Lipinski definition) is 10. The van der Waals surface area contributed by atoms with E-state index in [1.54, 1.807) is 13.8 Å². The Bertz CT molecular complexity index is 1520. The van der Waals surface area contributed by atoms with Crippen molar-refractivity contribution in [3.05, 3.63) is 18.2 Å². The third-order valence-corrected chi connectivity index (χ3v) is 11.0. The quantitative estimate of drug-likeness (QED) is 0.0732. The molecular weight excluding hydrogens is 736 g/mol. The van der Waals surface area contributed by atoms with E-state index < -0.39 is 83.7 Å². The molecule has 0 aliphatic carbocycles. The van der Waals surface area contributed by atoms with Crippen molar-refractivity contribution in [2.45, 2.75) is 148 Å². The normalized spacial score (nSPS) is 20.0. The van der Waals surface area contributed by atoms with Crippen LogP contribution in [0.1, 0.15) is 105 Å². The van der Waals surface area contributed by atoms with Crippen LogP contribution in [0.4, 0.5) is 0 Å². The number of imidazole rings is 1. The molecule has 10 N–H and O–H groups in total. The number of carboxylic acids is 1. The first-order chi connectivity index (χ1) is 27.0. The van der Waals surface area contributed by atoms with Gasteiger partial charge in [0.25, 0.3) is 0 Å². The van der Waals surface area contributed by atoms with Gasteiger partial charge in [-0.05, 0) is 75.7 Å². The second kappa shape index (κ2) is 22.4. The number of likely N-dealkylation sites (tertiary alicyclic amines) is 2. The van der Waals surface area contributed by atoms with Gasteiger partial charge in [-0.1, -0.05) is 48.0 Å². The van der Waals surface area contributed by atoms with E-state index in [9.17, 15) is 38.7 Å². The number of aliphatic carboxylic acids is 1. The Hall–Kier alpha value is -4.58. The largest absolute Gasteiger partial charge is 0.480 e. The summed E-state index contributed by atoms with van der Waals surface area (Å²) in [5, 5.41) is 20.9. The summed E-state index contributed by atoms with van der Waals surface area (Å²) in [5.41, 5.74) is 12.5. The van der Waals surface area contributed by atoms with Crippen molar-refractivity contribution in [3.8, 4) is 0 Å². The van der Waals surface area contributed by atoms with E-state index in [2.05, 4.69) is 31.2 Å². The average molecular weight is 803 g/mol. The topological polar surface area (TPSA) is 275 Å². The minimum Gasteiger partial charge on any atom is -0.480 e. The predicted octanol–water partition coefficient (Wildman–Crippen LogP) is 0.163. The van der Waals surface area contributed by atoms with Gasteiger partial charge in [-0.3, -0.25) is 28.8 Å². The van der Waals surface area contributed by atoms with Gasteiger partial charge in [0.15, 0.2) is 0 Å². The number of carboxylic acid groups (broad SMARTS) is 1. The van der Waals surface area contributed by atoms with Crippen LogP contribution in [0.5, 0.6) is 0 Å². The fourth-order valence-electron chi connectivity index (χ4n) is 7.35. The second-order valence-corrected chi connectivity index (χ2v) is 16.2. The number of unbranched alkanes of at least 4 members (excludes halogenated alkanes) is 1. The maximum absolute atomic E-state index is 14.0. The van der Waals surface area contributed by atoms with E-state index in [1.807, 2.05) is 27.7 Å². The van der Waals surface area contributed by atoms with Crippen molar-refractivity contribution in [1.29, 1.82) is 0 Å². The molecule has 18 nitrogen and oxygen atoms in total. The summed E-state index contributed by atoms with van der Waals surface area (Å²) in [6.45, 7) is 12.0. The standard InChI is InChI=1S/C39H66N10O8/c1-7-24(6)31(41)38(55)48-16-10-13-29(48)35(52)45-27(18-22(2)3)34(51)44-26(12-8-9-15-40)33(50)47-32(23(4)5)36(53)46-28(19-25-20-42-21-43-25)37(54)49-17-11-14-30(49)39(56)57/h20-24,26-32H,7-19,40-41H2,1-6H3,(H,42,43)(H,44,51)(H,45,52)(H,46,53)(H,47,50)(H,56,57)/t24-,26-,27-,28-,29-,30-,31-,32-/m0/s1. The van der Waals surface area contributed by atoms with Crippen LogP contribution < -0.4 is 32.7 Å². The molecule has 1 aromatic heterocycles. The van der Waals surface area contributed by atoms with Crippen LogP contribution in [0.25, 0.3) is 0 Å². The molecule has 2 fully saturated rings. The smallest absolute Gasteiger partial charge is 0.326 e. The number of nitrogens with one attached hydrogen (secondary N) is 5. The van der Waals surface area contributed by atoms with Crippen LogP contribution in [0.2, 0.25) is 0 Å². The van der Waals surface area contributed by atoms with Crippen molar-refractivity contribution in [2.24, 2.45) is 29.2 Å². The lowest BCUT2D eigenvalue weighted by atomic mass is 9.98. The molecule has 0 unspecified atom stereocenters. The molecule has 2 saturated heterocycles. The van der Waals surface area contributed by atoms with Crippen LogP contribution in [0.15, 0.2) is 12.5 Å². The number of aromatic amines is 1. The summed E-state index contributed by atoms with van der Waals surface area (Å²) in [4.78, 5) is 104. The molecule has 0 aromatic carbocycles. The number of amides is 6. The van der Waals surface area contributed by atoms with Crippen LogP contribution in [0.3, 0.4) is 0 Å². The summed E-state index contributed by atoms with van der Waals surface area (Å²) in [7, 11) is 0. The molecule has 0 saturated carbocycles. The van der Waals surface area contributed by atoms with Gasteiger partial charge >= 0.3 is 5.97 Å². The van der Waals surface area contributed by atoms with Gasteiger partial charge in [0.2, 0.25) is 35.4 Å². The molecule has 0 bridgehead atoms. The van der Waals surface area contributed by atoms with E-state index in [1.165, 1.54) is 22.3 Å². The number of aromatic nitrogens is 2. The number of carbonyl (C=O) groups excluding carboxylic acids is 6. The molecule has 2 aliphatic heterocycles. The zero-order valence-electron chi connectivity index (χ0n) is 34.4. The van der Waals surface area contributed by atoms with E-state index in [-0.39, 0.29) is 43.6 Å². The summed E-state index contributed by atoms with van der Waals surface area (Å²) in [5.74, 6) is -4.92. The molecular formula is C39H66N10O8. The van der Waals surface area contributed by atoms with Crippen molar-refractivity contribution in [2.75, 3.05) is 19.6 Å². The highest BCUT2D eigenvalue weighted by Gasteiger charge is 2.41. The molecule has 18 heteroatoms. The van der Waals surface area contributed by atoms with Gasteiger partial charge in [-0.25, -0.2) is 9.78 Å². The fourth-order valence-corrected chi connectivity index (χ4v) is 7.35. The number of nitrogens with two attached hydrogens (primary N) is 2. The molecule has 3 heterocycles. The maximum atomic E-state index is 14.0. The van der Waals surface area contributed by atoms with Crippen molar-refractivity contribution in [3.63, 3.8) is 0 Å². The number of rotatable bonds is 22. The average Bonchev–Trinajstić information content (AvgIpc) is 3.97. The minimum atomic E-state index is -1.16. The highest BCUT2D eigenvalue weighted by atomic mass is 16.4. The van der Waals surface area contributed by atoms with Crippen LogP contribution in [-0.4, -0.2) is 128 Å². The van der Waals surface area contributed by atoms with Crippen molar-refractivity contribution in [1.82, 2.24) is 41.0 Å². The molecule has 57 heavy (non-hydrogen) atoms. The Morgan fingerprint density at radius 1 is 0.842 bits per heavy atom. The molecule has 8 atom stereocenters. The Morgan fingerprint density at radius 2 is 1.46 bits per heavy atom. The van der Waals surface area contributed by atoms with Gasteiger partial charge in [0.05, 0.1) is 12.4 Å². The number of H-pyrrole nitrogens is 1. The van der Waals surface area contributed by atoms with Crippen LogP contribution >= 0.6 is 0 Å². The summed E-state index contributed by atoms with van der Waals surface area (Å²) >= 11 is 0. The molecule has 3 rings (SSSR count). The SMILES string of the molecule is CC[C@H](C)[C@H](N)C(=O)N1CCC[C@H]1C(=O)N[C@@H](CC(C)C)C(=O)N[C@@H](CCCCN)C(=O)N[C@H](C(=O)N[C@@H](Cc1cnc[nH]1)C(=O)N1CCC[C@H]1C(=O)O)C(C)C. The Labute approximate surface area is 335 Å². The third kappa shape index (κ3) is 13.2. The summed E-state index contributed by atoms with van der Waals surface area (Å²) in [6.07, 6.45) is 6.96. The van der Waals surface area contributed by atoms with Gasteiger partial charge in [0.1, 0.15) is 36.3 Å². The third-order valence-electron chi connectivity index (χ3n) is 11.0. The Kier molecular flexibility index (Phi) is 18.4. The van der Waals surface area contributed by atoms with E-state index in [4.69, 9.17) is 11.5 Å². The lowest BCUT2D eigenvalue weighted by molar-refractivity contribution is -0.149. The summed E-state index contributed by atoms with van der Waals surface area (Å²) < 4.78 is 0. The second-order valence-electron chi connectivity index (χ2n) is 16.2. The van der Waals surface area contributed by atoms with E-state index in [0.29, 0.717) is 63.7 Å². The minimum absolute atomic E-state index is 0.00431. The van der Waals surface area contributed by atoms with Crippen LogP contribution in [0, 0.1) is 17.8 Å². The first-order valence-corrected chi connectivity index (χ1v) is 20.5. The van der Waals surface area contributed by atoms with E-state index in [0.717, 1.165) is 0 Å². The Morgan fingerprint density at radius 3 is 2.02 bits per heavy atom. The summed E-state index contributed by atoms with van der Waals surface area (Å²) in [6, 6.07) is -6.99. The maximum Gasteiger partial charge on any atom is 0.326 e. The van der Waals surface area contributed by atoms with E-state index >= 15 is 0 Å². The van der Waals surface area contributed by atoms with Gasteiger partial charge < -0.3 is 52.6 Å². The Balaban J connectivity index is 1.79. The van der Waals surface area contributed by atoms with Crippen LogP contribution in [-0.2, 0) is 40.0 Å². The number of hydrogen-bond donors (Lipinski definition) is 8. The van der Waals surface area contributed by atoms with Crippen molar-refractivity contribution >= 4 is 41.4 Å². The molecule has 0 radical (unpaired) electrons. The number of nitrogens with zero attached hydrogens (tertiary/aromatic N) is 3. The first kappa shape index (κ1) is 46.8.